The van der Waals surface area contributed by atoms with Gasteiger partial charge < -0.3 is 5.32 Å². The van der Waals surface area contributed by atoms with Crippen molar-refractivity contribution >= 4 is 10.9 Å². The molecular formula is C33H44N4. The fourth-order valence-electron chi connectivity index (χ4n) is 4.54. The van der Waals surface area contributed by atoms with Crippen LogP contribution in [0.25, 0.3) is 10.9 Å². The SMILES string of the molecule is CCC(C)c1nc(CN(C)CC(c2ccccc2)c2ccccc2)nc2ccccc12.CCCCNC. The summed E-state index contributed by atoms with van der Waals surface area (Å²) in [6.07, 6.45) is 3.66. The Morgan fingerprint density at radius 2 is 1.41 bits per heavy atom. The monoisotopic (exact) mass is 496 g/mol. The number of nitrogens with one attached hydrogen (secondary N) is 1. The highest BCUT2D eigenvalue weighted by Gasteiger charge is 2.18. The van der Waals surface area contributed by atoms with E-state index in [9.17, 15) is 0 Å². The van der Waals surface area contributed by atoms with Crippen LogP contribution < -0.4 is 5.32 Å². The Morgan fingerprint density at radius 1 is 0.811 bits per heavy atom. The number of nitrogens with zero attached hydrogens (tertiary/aromatic N) is 3. The number of unbranched alkanes of at least 4 members (excludes halogenated alkanes) is 1. The molecule has 0 spiro atoms. The van der Waals surface area contributed by atoms with Crippen LogP contribution in [-0.2, 0) is 6.54 Å². The molecule has 37 heavy (non-hydrogen) atoms. The Labute approximate surface area is 224 Å². The molecule has 0 aliphatic heterocycles. The van der Waals surface area contributed by atoms with Crippen molar-refractivity contribution in [2.24, 2.45) is 0 Å². The maximum atomic E-state index is 5.01. The second kappa shape index (κ2) is 15.2. The largest absolute Gasteiger partial charge is 0.320 e. The van der Waals surface area contributed by atoms with E-state index in [-0.39, 0.29) is 0 Å². The van der Waals surface area contributed by atoms with Gasteiger partial charge in [-0.2, -0.15) is 0 Å². The van der Waals surface area contributed by atoms with Crippen molar-refractivity contribution in [1.82, 2.24) is 20.2 Å². The molecule has 0 saturated carbocycles. The molecule has 0 aliphatic carbocycles. The summed E-state index contributed by atoms with van der Waals surface area (Å²) in [6.45, 7) is 9.46. The first-order valence-corrected chi connectivity index (χ1v) is 13.8. The highest BCUT2D eigenvalue weighted by Crippen LogP contribution is 2.27. The lowest BCUT2D eigenvalue weighted by molar-refractivity contribution is 0.308. The Balaban J connectivity index is 0.000000568. The van der Waals surface area contributed by atoms with E-state index in [1.54, 1.807) is 0 Å². The average Bonchev–Trinajstić information content (AvgIpc) is 2.95. The van der Waals surface area contributed by atoms with Gasteiger partial charge in [0.15, 0.2) is 0 Å². The van der Waals surface area contributed by atoms with Crippen molar-refractivity contribution in [3.8, 4) is 0 Å². The molecule has 3 aromatic carbocycles. The minimum absolute atomic E-state index is 0.307. The van der Waals surface area contributed by atoms with Gasteiger partial charge in [0, 0.05) is 17.8 Å². The number of aromatic nitrogens is 2. The number of fused-ring (bicyclic) bond motifs is 1. The van der Waals surface area contributed by atoms with Gasteiger partial charge in [-0.3, -0.25) is 4.90 Å². The van der Waals surface area contributed by atoms with E-state index in [0.717, 1.165) is 37.4 Å². The van der Waals surface area contributed by atoms with Gasteiger partial charge in [0.05, 0.1) is 17.8 Å². The second-order valence-electron chi connectivity index (χ2n) is 9.88. The van der Waals surface area contributed by atoms with Crippen LogP contribution in [0.15, 0.2) is 84.9 Å². The van der Waals surface area contributed by atoms with Crippen molar-refractivity contribution < 1.29 is 0 Å². The number of likely N-dealkylation sites (N-methyl/N-ethyl adjacent to an activating group) is 1. The summed E-state index contributed by atoms with van der Waals surface area (Å²) in [5.41, 5.74) is 4.87. The minimum atomic E-state index is 0.307. The van der Waals surface area contributed by atoms with Gasteiger partial charge >= 0.3 is 0 Å². The lowest BCUT2D eigenvalue weighted by atomic mass is 9.91. The topological polar surface area (TPSA) is 41.1 Å². The number of para-hydroxylation sites is 1. The van der Waals surface area contributed by atoms with E-state index < -0.39 is 0 Å². The lowest BCUT2D eigenvalue weighted by Gasteiger charge is -2.25. The number of hydrogen-bond acceptors (Lipinski definition) is 4. The maximum absolute atomic E-state index is 5.01. The van der Waals surface area contributed by atoms with E-state index in [1.807, 2.05) is 7.05 Å². The first-order valence-electron chi connectivity index (χ1n) is 13.8. The Hall–Kier alpha value is -3.08. The molecule has 4 rings (SSSR count). The van der Waals surface area contributed by atoms with E-state index in [4.69, 9.17) is 9.97 Å². The van der Waals surface area contributed by atoms with Gasteiger partial charge in [0.25, 0.3) is 0 Å². The van der Waals surface area contributed by atoms with E-state index >= 15 is 0 Å². The van der Waals surface area contributed by atoms with Crippen LogP contribution in [0.5, 0.6) is 0 Å². The lowest BCUT2D eigenvalue weighted by Crippen LogP contribution is -2.26. The van der Waals surface area contributed by atoms with Crippen molar-refractivity contribution in [2.45, 2.75) is 58.4 Å². The van der Waals surface area contributed by atoms with E-state index in [0.29, 0.717) is 11.8 Å². The van der Waals surface area contributed by atoms with Crippen LogP contribution in [-0.4, -0.2) is 42.1 Å². The molecule has 1 N–H and O–H groups in total. The molecule has 1 heterocycles. The highest BCUT2D eigenvalue weighted by molar-refractivity contribution is 5.81. The fourth-order valence-corrected chi connectivity index (χ4v) is 4.54. The van der Waals surface area contributed by atoms with Gasteiger partial charge in [0.2, 0.25) is 0 Å². The molecule has 1 aromatic heterocycles. The molecule has 0 radical (unpaired) electrons. The summed E-state index contributed by atoms with van der Waals surface area (Å²) in [4.78, 5) is 12.2. The van der Waals surface area contributed by atoms with Crippen LogP contribution in [0.4, 0.5) is 0 Å². The standard InChI is InChI=1S/C28H31N3.C5H13N/c1-4-21(2)28-24-17-11-12-18-26(24)29-27(30-28)20-31(3)19-25(22-13-7-5-8-14-22)23-15-9-6-10-16-23;1-3-4-5-6-2/h5-18,21,25H,4,19-20H2,1-3H3;6H,3-5H2,1-2H3. The Bertz CT molecular complexity index is 1130. The molecule has 4 nitrogen and oxygen atoms in total. The highest BCUT2D eigenvalue weighted by atomic mass is 15.1. The molecule has 0 aliphatic rings. The zero-order valence-electron chi connectivity index (χ0n) is 23.3. The van der Waals surface area contributed by atoms with Crippen molar-refractivity contribution in [2.75, 3.05) is 27.2 Å². The van der Waals surface area contributed by atoms with Crippen molar-refractivity contribution in [1.29, 1.82) is 0 Å². The summed E-state index contributed by atoms with van der Waals surface area (Å²) in [6, 6.07) is 29.9. The second-order valence-corrected chi connectivity index (χ2v) is 9.88. The molecule has 0 fully saturated rings. The predicted octanol–water partition coefficient (Wildman–Crippen LogP) is 7.41. The van der Waals surface area contributed by atoms with Crippen LogP contribution >= 0.6 is 0 Å². The van der Waals surface area contributed by atoms with Gasteiger partial charge in [-0.05, 0) is 56.6 Å². The Kier molecular flexibility index (Phi) is 11.7. The molecule has 1 unspecified atom stereocenters. The Morgan fingerprint density at radius 3 is 1.95 bits per heavy atom. The normalized spacial score (nSPS) is 12.0. The number of rotatable bonds is 11. The fraction of sp³-hybridized carbons (Fsp3) is 0.394. The third kappa shape index (κ3) is 8.48. The van der Waals surface area contributed by atoms with Crippen molar-refractivity contribution in [3.63, 3.8) is 0 Å². The molecule has 196 valence electrons. The van der Waals surface area contributed by atoms with E-state index in [1.165, 1.54) is 35.0 Å². The van der Waals surface area contributed by atoms with Gasteiger partial charge in [0.1, 0.15) is 5.82 Å². The van der Waals surface area contributed by atoms with Gasteiger partial charge in [-0.15, -0.1) is 0 Å². The van der Waals surface area contributed by atoms with Crippen LogP contribution in [0.1, 0.15) is 74.5 Å². The molecule has 1 atom stereocenters. The van der Waals surface area contributed by atoms with Gasteiger partial charge in [-0.25, -0.2) is 9.97 Å². The predicted molar refractivity (Wildman–Crippen MR) is 158 cm³/mol. The molecule has 0 amide bonds. The molecule has 0 saturated heterocycles. The molecule has 4 heteroatoms. The summed E-state index contributed by atoms with van der Waals surface area (Å²) >= 11 is 0. The summed E-state index contributed by atoms with van der Waals surface area (Å²) in [7, 11) is 4.15. The first kappa shape index (κ1) is 28.5. The zero-order chi connectivity index (χ0) is 26.5. The molecule has 0 bridgehead atoms. The van der Waals surface area contributed by atoms with Crippen molar-refractivity contribution in [3.05, 3.63) is 108 Å². The van der Waals surface area contributed by atoms with Crippen LogP contribution in [0.3, 0.4) is 0 Å². The van der Waals surface area contributed by atoms with Crippen LogP contribution in [0, 0.1) is 0 Å². The van der Waals surface area contributed by atoms with Gasteiger partial charge in [-0.1, -0.05) is 106 Å². The third-order valence-electron chi connectivity index (χ3n) is 6.85. The van der Waals surface area contributed by atoms with E-state index in [2.05, 4.69) is 123 Å². The third-order valence-corrected chi connectivity index (χ3v) is 6.85. The molecule has 4 aromatic rings. The average molecular weight is 497 g/mol. The molecular weight excluding hydrogens is 452 g/mol. The van der Waals surface area contributed by atoms with Crippen LogP contribution in [0.2, 0.25) is 0 Å². The minimum Gasteiger partial charge on any atom is -0.320 e. The smallest absolute Gasteiger partial charge is 0.143 e. The summed E-state index contributed by atoms with van der Waals surface area (Å²) in [5, 5.41) is 4.24. The quantitative estimate of drug-likeness (QED) is 0.219. The zero-order valence-corrected chi connectivity index (χ0v) is 23.3. The summed E-state index contributed by atoms with van der Waals surface area (Å²) < 4.78 is 0. The maximum Gasteiger partial charge on any atom is 0.143 e. The first-order chi connectivity index (χ1) is 18.1. The number of benzene rings is 3. The number of hydrogen-bond donors (Lipinski definition) is 1. The summed E-state index contributed by atoms with van der Waals surface area (Å²) in [5.74, 6) is 1.62.